The molecule has 0 aliphatic heterocycles. The third kappa shape index (κ3) is 2.49. The molecule has 0 saturated heterocycles. The van der Waals surface area contributed by atoms with Crippen molar-refractivity contribution in [1.82, 2.24) is 4.98 Å². The number of pyridine rings is 1. The van der Waals surface area contributed by atoms with Crippen LogP contribution in [0.15, 0.2) is 36.5 Å². The highest BCUT2D eigenvalue weighted by Crippen LogP contribution is 2.26. The van der Waals surface area contributed by atoms with E-state index in [1.54, 1.807) is 18.3 Å². The topological polar surface area (TPSA) is 56.9 Å². The molecular weight excluding hydrogens is 346 g/mol. The van der Waals surface area contributed by atoms with Crippen molar-refractivity contribution in [1.29, 1.82) is 5.26 Å². The number of halogens is 2. The largest absolute Gasteiger partial charge is 0.382 e. The van der Waals surface area contributed by atoms with Gasteiger partial charge in [0.2, 0.25) is 0 Å². The van der Waals surface area contributed by atoms with E-state index in [-0.39, 0.29) is 11.1 Å². The Morgan fingerprint density at radius 3 is 2.78 bits per heavy atom. The van der Waals surface area contributed by atoms with Gasteiger partial charge >= 0.3 is 0 Å². The van der Waals surface area contributed by atoms with Crippen LogP contribution < -0.4 is 0 Å². The molecule has 0 aliphatic rings. The molecule has 0 spiro atoms. The Morgan fingerprint density at radius 1 is 1.39 bits per heavy atom. The molecule has 0 amide bonds. The summed E-state index contributed by atoms with van der Waals surface area (Å²) in [5.41, 5.74) is 0.742. The van der Waals surface area contributed by atoms with E-state index in [0.717, 1.165) is 9.64 Å². The van der Waals surface area contributed by atoms with Crippen molar-refractivity contribution in [2.75, 3.05) is 0 Å². The summed E-state index contributed by atoms with van der Waals surface area (Å²) in [6.07, 6.45) is 0.410. The lowest BCUT2D eigenvalue weighted by Crippen LogP contribution is -2.07. The summed E-state index contributed by atoms with van der Waals surface area (Å²) in [4.78, 5) is 4.05. The predicted octanol–water partition coefficient (Wildman–Crippen LogP) is 2.78. The second kappa shape index (κ2) is 5.42. The quantitative estimate of drug-likeness (QED) is 0.844. The smallest absolute Gasteiger partial charge is 0.130 e. The highest BCUT2D eigenvalue weighted by molar-refractivity contribution is 14.1. The summed E-state index contributed by atoms with van der Waals surface area (Å²) < 4.78 is 14.5. The SMILES string of the molecule is N#Cc1ccc(C(O)c2ncccc2I)c(F)c1. The second-order valence-corrected chi connectivity index (χ2v) is 4.78. The van der Waals surface area contributed by atoms with E-state index < -0.39 is 11.9 Å². The van der Waals surface area contributed by atoms with Crippen molar-refractivity contribution in [2.24, 2.45) is 0 Å². The maximum Gasteiger partial charge on any atom is 0.130 e. The first-order valence-electron chi connectivity index (χ1n) is 5.11. The number of nitriles is 1. The number of hydrogen-bond donors (Lipinski definition) is 1. The van der Waals surface area contributed by atoms with Gasteiger partial charge in [-0.1, -0.05) is 6.07 Å². The molecular formula is C13H8FIN2O. The molecule has 2 aromatic rings. The molecule has 0 aliphatic carbocycles. The minimum absolute atomic E-state index is 0.116. The molecule has 90 valence electrons. The van der Waals surface area contributed by atoms with Crippen LogP contribution in [0.4, 0.5) is 4.39 Å². The normalized spacial score (nSPS) is 11.9. The van der Waals surface area contributed by atoms with Crippen molar-refractivity contribution in [3.63, 3.8) is 0 Å². The van der Waals surface area contributed by atoms with Crippen molar-refractivity contribution < 1.29 is 9.50 Å². The van der Waals surface area contributed by atoms with Crippen molar-refractivity contribution in [3.8, 4) is 6.07 Å². The summed E-state index contributed by atoms with van der Waals surface area (Å²) in [5, 5.41) is 18.8. The molecule has 3 nitrogen and oxygen atoms in total. The van der Waals surface area contributed by atoms with Crippen molar-refractivity contribution in [2.45, 2.75) is 6.10 Å². The molecule has 1 aromatic carbocycles. The highest BCUT2D eigenvalue weighted by Gasteiger charge is 2.18. The Kier molecular flexibility index (Phi) is 3.89. The Balaban J connectivity index is 2.44. The summed E-state index contributed by atoms with van der Waals surface area (Å²) in [7, 11) is 0. The zero-order valence-corrected chi connectivity index (χ0v) is 11.3. The highest BCUT2D eigenvalue weighted by atomic mass is 127. The van der Waals surface area contributed by atoms with Crippen LogP contribution in [0.5, 0.6) is 0 Å². The van der Waals surface area contributed by atoms with Crippen LogP contribution in [-0.2, 0) is 0 Å². The third-order valence-corrected chi connectivity index (χ3v) is 3.38. The average Bonchev–Trinajstić information content (AvgIpc) is 2.38. The number of benzene rings is 1. The molecule has 0 fully saturated rings. The lowest BCUT2D eigenvalue weighted by molar-refractivity contribution is 0.209. The van der Waals surface area contributed by atoms with Crippen LogP contribution in [0.3, 0.4) is 0 Å². The van der Waals surface area contributed by atoms with Gasteiger partial charge in [0.05, 0.1) is 17.3 Å². The van der Waals surface area contributed by atoms with Crippen molar-refractivity contribution >= 4 is 22.6 Å². The van der Waals surface area contributed by atoms with Gasteiger partial charge in [-0.15, -0.1) is 0 Å². The first kappa shape index (κ1) is 12.9. The van der Waals surface area contributed by atoms with Gasteiger partial charge < -0.3 is 5.11 Å². The van der Waals surface area contributed by atoms with Gasteiger partial charge in [0.15, 0.2) is 0 Å². The van der Waals surface area contributed by atoms with Crippen LogP contribution in [0.1, 0.15) is 22.9 Å². The fourth-order valence-electron chi connectivity index (χ4n) is 1.56. The first-order valence-corrected chi connectivity index (χ1v) is 6.19. The Hall–Kier alpha value is -1.52. The molecule has 2 rings (SSSR count). The van der Waals surface area contributed by atoms with Gasteiger partial charge in [-0.25, -0.2) is 4.39 Å². The fraction of sp³-hybridized carbons (Fsp3) is 0.0769. The lowest BCUT2D eigenvalue weighted by Gasteiger charge is -2.12. The molecule has 5 heteroatoms. The molecule has 0 radical (unpaired) electrons. The standard InChI is InChI=1S/C13H8FIN2O/c14-10-6-8(7-16)3-4-9(10)13(18)12-11(15)2-1-5-17-12/h1-6,13,18H. The zero-order chi connectivity index (χ0) is 13.1. The molecule has 0 bridgehead atoms. The Labute approximate surface area is 117 Å². The fourth-order valence-corrected chi connectivity index (χ4v) is 2.21. The van der Waals surface area contributed by atoms with E-state index in [1.165, 1.54) is 12.1 Å². The maximum atomic E-state index is 13.8. The van der Waals surface area contributed by atoms with Gasteiger partial charge in [-0.3, -0.25) is 4.98 Å². The van der Waals surface area contributed by atoms with E-state index in [4.69, 9.17) is 5.26 Å². The number of aromatic nitrogens is 1. The number of rotatable bonds is 2. The first-order chi connectivity index (χ1) is 8.63. The minimum atomic E-state index is -1.13. The molecule has 0 saturated carbocycles. The molecule has 1 atom stereocenters. The third-order valence-electron chi connectivity index (χ3n) is 2.47. The van der Waals surface area contributed by atoms with E-state index in [9.17, 15) is 9.50 Å². The molecule has 1 aromatic heterocycles. The maximum absolute atomic E-state index is 13.8. The van der Waals surface area contributed by atoms with Gasteiger partial charge in [-0.2, -0.15) is 5.26 Å². The monoisotopic (exact) mass is 354 g/mol. The van der Waals surface area contributed by atoms with Gasteiger partial charge in [-0.05, 0) is 46.9 Å². The van der Waals surface area contributed by atoms with Gasteiger partial charge in [0.1, 0.15) is 11.9 Å². The molecule has 1 N–H and O–H groups in total. The number of hydrogen-bond acceptors (Lipinski definition) is 3. The predicted molar refractivity (Wildman–Crippen MR) is 72.1 cm³/mol. The van der Waals surface area contributed by atoms with Crippen LogP contribution in [0.2, 0.25) is 0 Å². The van der Waals surface area contributed by atoms with Crippen molar-refractivity contribution in [3.05, 3.63) is 62.7 Å². The molecule has 1 unspecified atom stereocenters. The summed E-state index contributed by atoms with van der Waals surface area (Å²) in [5.74, 6) is -0.608. The summed E-state index contributed by atoms with van der Waals surface area (Å²) in [6.45, 7) is 0. The average molecular weight is 354 g/mol. The minimum Gasteiger partial charge on any atom is -0.382 e. The van der Waals surface area contributed by atoms with E-state index in [2.05, 4.69) is 4.98 Å². The zero-order valence-electron chi connectivity index (χ0n) is 9.14. The number of nitrogens with zero attached hydrogens (tertiary/aromatic N) is 2. The lowest BCUT2D eigenvalue weighted by atomic mass is 10.0. The second-order valence-electron chi connectivity index (χ2n) is 3.62. The van der Waals surface area contributed by atoms with Crippen LogP contribution in [0.25, 0.3) is 0 Å². The van der Waals surface area contributed by atoms with E-state index in [1.807, 2.05) is 28.7 Å². The summed E-state index contributed by atoms with van der Waals surface area (Å²) in [6, 6.07) is 9.36. The van der Waals surface area contributed by atoms with Gasteiger partial charge in [0.25, 0.3) is 0 Å². The van der Waals surface area contributed by atoms with E-state index >= 15 is 0 Å². The van der Waals surface area contributed by atoms with Crippen LogP contribution >= 0.6 is 22.6 Å². The summed E-state index contributed by atoms with van der Waals surface area (Å²) >= 11 is 2.03. The number of aliphatic hydroxyl groups is 1. The molecule has 1 heterocycles. The number of aliphatic hydroxyl groups excluding tert-OH is 1. The molecule has 18 heavy (non-hydrogen) atoms. The Bertz CT molecular complexity index is 625. The van der Waals surface area contributed by atoms with Crippen LogP contribution in [0, 0.1) is 20.7 Å². The Morgan fingerprint density at radius 2 is 2.17 bits per heavy atom. The van der Waals surface area contributed by atoms with E-state index in [0.29, 0.717) is 5.69 Å². The van der Waals surface area contributed by atoms with Crippen LogP contribution in [-0.4, -0.2) is 10.1 Å². The van der Waals surface area contributed by atoms with Gasteiger partial charge in [0, 0.05) is 15.3 Å².